The van der Waals surface area contributed by atoms with Crippen LogP contribution in [-0.4, -0.2) is 24.9 Å². The van der Waals surface area contributed by atoms with Gasteiger partial charge >= 0.3 is 0 Å². The summed E-state index contributed by atoms with van der Waals surface area (Å²) in [5, 5.41) is 5.46. The van der Waals surface area contributed by atoms with Gasteiger partial charge in [-0.25, -0.2) is 0 Å². The lowest BCUT2D eigenvalue weighted by molar-refractivity contribution is -0.120. The van der Waals surface area contributed by atoms with Crippen LogP contribution in [-0.2, 0) is 11.2 Å². The molecule has 110 valence electrons. The maximum absolute atomic E-state index is 11.6. The summed E-state index contributed by atoms with van der Waals surface area (Å²) in [6.45, 7) is 0.881. The summed E-state index contributed by atoms with van der Waals surface area (Å²) >= 11 is 0. The van der Waals surface area contributed by atoms with Crippen LogP contribution in [0.2, 0.25) is 0 Å². The van der Waals surface area contributed by atoms with Crippen LogP contribution in [0.5, 0.6) is 0 Å². The van der Waals surface area contributed by atoms with E-state index in [-0.39, 0.29) is 30.5 Å². The minimum absolute atomic E-state index is 0.0781. The number of hydrogen-bond donors (Lipinski definition) is 2. The van der Waals surface area contributed by atoms with E-state index in [0.29, 0.717) is 6.54 Å². The van der Waals surface area contributed by atoms with Gasteiger partial charge in [0.2, 0.25) is 5.91 Å². The van der Waals surface area contributed by atoms with Gasteiger partial charge in [0.1, 0.15) is 0 Å². The van der Waals surface area contributed by atoms with Gasteiger partial charge in [0.05, 0.1) is 6.26 Å². The van der Waals surface area contributed by atoms with Crippen LogP contribution < -0.4 is 10.6 Å². The number of carbonyl (C=O) groups is 2. The fourth-order valence-corrected chi connectivity index (χ4v) is 1.86. The minimum Gasteiger partial charge on any atom is -0.459 e. The van der Waals surface area contributed by atoms with Gasteiger partial charge in [-0.05, 0) is 24.1 Å². The van der Waals surface area contributed by atoms with Crippen molar-refractivity contribution in [1.29, 1.82) is 0 Å². The van der Waals surface area contributed by atoms with E-state index in [2.05, 4.69) is 10.6 Å². The smallest absolute Gasteiger partial charge is 0.286 e. The molecule has 0 bridgehead atoms. The summed E-state index contributed by atoms with van der Waals surface area (Å²) in [5.41, 5.74) is 1.18. The molecule has 2 amide bonds. The van der Waals surface area contributed by atoms with Crippen molar-refractivity contribution in [2.24, 2.45) is 0 Å². The molecule has 1 aromatic carbocycles. The van der Waals surface area contributed by atoms with Crippen molar-refractivity contribution in [2.45, 2.75) is 12.8 Å². The zero-order valence-electron chi connectivity index (χ0n) is 11.7. The van der Waals surface area contributed by atoms with Crippen molar-refractivity contribution < 1.29 is 14.0 Å². The Balaban J connectivity index is 1.58. The van der Waals surface area contributed by atoms with E-state index in [4.69, 9.17) is 4.42 Å². The first kappa shape index (κ1) is 14.8. The third-order valence-electron chi connectivity index (χ3n) is 2.96. The van der Waals surface area contributed by atoms with E-state index in [9.17, 15) is 9.59 Å². The average molecular weight is 286 g/mol. The first-order valence-electron chi connectivity index (χ1n) is 6.88. The number of benzene rings is 1. The molecule has 1 heterocycles. The highest BCUT2D eigenvalue weighted by molar-refractivity contribution is 5.91. The fourth-order valence-electron chi connectivity index (χ4n) is 1.86. The Morgan fingerprint density at radius 3 is 2.48 bits per heavy atom. The molecule has 0 atom stereocenters. The van der Waals surface area contributed by atoms with Gasteiger partial charge in [0.25, 0.3) is 5.91 Å². The van der Waals surface area contributed by atoms with E-state index in [1.165, 1.54) is 11.8 Å². The third-order valence-corrected chi connectivity index (χ3v) is 2.96. The Hall–Kier alpha value is -2.56. The summed E-state index contributed by atoms with van der Waals surface area (Å²) in [5.74, 6) is -0.137. The molecule has 0 saturated heterocycles. The molecule has 2 rings (SSSR count). The molecule has 0 aliphatic carbocycles. The van der Waals surface area contributed by atoms with Gasteiger partial charge in [-0.15, -0.1) is 0 Å². The molecule has 21 heavy (non-hydrogen) atoms. The Labute approximate surface area is 123 Å². The summed E-state index contributed by atoms with van der Waals surface area (Å²) < 4.78 is 4.95. The van der Waals surface area contributed by atoms with Crippen molar-refractivity contribution in [3.63, 3.8) is 0 Å². The van der Waals surface area contributed by atoms with Gasteiger partial charge in [-0.2, -0.15) is 0 Å². The van der Waals surface area contributed by atoms with E-state index in [1.54, 1.807) is 12.1 Å². The number of rotatable bonds is 7. The Kier molecular flexibility index (Phi) is 5.58. The number of amides is 2. The molecular formula is C16H18N2O3. The van der Waals surface area contributed by atoms with Gasteiger partial charge in [0.15, 0.2) is 5.76 Å². The van der Waals surface area contributed by atoms with E-state index in [0.717, 1.165) is 6.42 Å². The zero-order valence-corrected chi connectivity index (χ0v) is 11.7. The molecule has 0 fully saturated rings. The van der Waals surface area contributed by atoms with Gasteiger partial charge in [0, 0.05) is 19.5 Å². The molecule has 5 nitrogen and oxygen atoms in total. The molecule has 2 aromatic rings. The Morgan fingerprint density at radius 2 is 1.76 bits per heavy atom. The largest absolute Gasteiger partial charge is 0.459 e. The highest BCUT2D eigenvalue weighted by atomic mass is 16.3. The van der Waals surface area contributed by atoms with E-state index in [1.807, 2.05) is 30.3 Å². The highest BCUT2D eigenvalue weighted by Crippen LogP contribution is 1.99. The van der Waals surface area contributed by atoms with E-state index < -0.39 is 0 Å². The predicted octanol–water partition coefficient (Wildman–Crippen LogP) is 1.76. The van der Waals surface area contributed by atoms with Crippen LogP contribution in [0.1, 0.15) is 22.5 Å². The molecule has 0 saturated carbocycles. The molecule has 0 spiro atoms. The molecule has 0 radical (unpaired) electrons. The molecule has 0 aliphatic heterocycles. The van der Waals surface area contributed by atoms with Gasteiger partial charge < -0.3 is 15.1 Å². The molecular weight excluding hydrogens is 268 g/mol. The standard InChI is InChI=1S/C16H18N2O3/c19-15(17-10-8-13-5-2-1-3-6-13)9-11-18-16(20)14-7-4-12-21-14/h1-7,12H,8-11H2,(H,17,19)(H,18,20). The number of hydrogen-bond acceptors (Lipinski definition) is 3. The SMILES string of the molecule is O=C(CCNC(=O)c1ccco1)NCCc1ccccc1. The third kappa shape index (κ3) is 5.14. The van der Waals surface area contributed by atoms with Crippen molar-refractivity contribution in [2.75, 3.05) is 13.1 Å². The summed E-state index contributed by atoms with van der Waals surface area (Å²) in [6.07, 6.45) is 2.48. The Morgan fingerprint density at radius 1 is 0.952 bits per heavy atom. The lowest BCUT2D eigenvalue weighted by atomic mass is 10.1. The van der Waals surface area contributed by atoms with E-state index >= 15 is 0 Å². The predicted molar refractivity (Wildman–Crippen MR) is 78.8 cm³/mol. The van der Waals surface area contributed by atoms with Crippen molar-refractivity contribution >= 4 is 11.8 Å². The minimum atomic E-state index is -0.308. The molecule has 2 N–H and O–H groups in total. The number of carbonyl (C=O) groups excluding carboxylic acids is 2. The molecule has 0 aliphatic rings. The lowest BCUT2D eigenvalue weighted by Crippen LogP contribution is -2.31. The van der Waals surface area contributed by atoms with Crippen LogP contribution in [0.25, 0.3) is 0 Å². The van der Waals surface area contributed by atoms with Crippen LogP contribution in [0.15, 0.2) is 53.1 Å². The zero-order chi connectivity index (χ0) is 14.9. The first-order valence-corrected chi connectivity index (χ1v) is 6.88. The maximum atomic E-state index is 11.6. The summed E-state index contributed by atoms with van der Waals surface area (Å²) in [7, 11) is 0. The lowest BCUT2D eigenvalue weighted by Gasteiger charge is -2.06. The second-order valence-corrected chi connectivity index (χ2v) is 4.57. The second kappa shape index (κ2) is 7.89. The first-order chi connectivity index (χ1) is 10.3. The highest BCUT2D eigenvalue weighted by Gasteiger charge is 2.08. The number of nitrogens with one attached hydrogen (secondary N) is 2. The summed E-state index contributed by atoms with van der Waals surface area (Å²) in [6, 6.07) is 13.2. The monoisotopic (exact) mass is 286 g/mol. The molecule has 1 aromatic heterocycles. The Bertz CT molecular complexity index is 564. The normalized spacial score (nSPS) is 10.1. The van der Waals surface area contributed by atoms with Crippen LogP contribution in [0.4, 0.5) is 0 Å². The van der Waals surface area contributed by atoms with Gasteiger partial charge in [-0.3, -0.25) is 9.59 Å². The van der Waals surface area contributed by atoms with Crippen molar-refractivity contribution in [1.82, 2.24) is 10.6 Å². The van der Waals surface area contributed by atoms with Crippen molar-refractivity contribution in [3.8, 4) is 0 Å². The quantitative estimate of drug-likeness (QED) is 0.814. The van der Waals surface area contributed by atoms with Crippen molar-refractivity contribution in [3.05, 3.63) is 60.1 Å². The molecule has 0 unspecified atom stereocenters. The number of furan rings is 1. The van der Waals surface area contributed by atoms with Crippen LogP contribution >= 0.6 is 0 Å². The van der Waals surface area contributed by atoms with Crippen LogP contribution in [0, 0.1) is 0 Å². The topological polar surface area (TPSA) is 71.3 Å². The van der Waals surface area contributed by atoms with Gasteiger partial charge in [-0.1, -0.05) is 30.3 Å². The summed E-state index contributed by atoms with van der Waals surface area (Å²) in [4.78, 5) is 23.2. The fraction of sp³-hybridized carbons (Fsp3) is 0.250. The average Bonchev–Trinajstić information content (AvgIpc) is 3.02. The second-order valence-electron chi connectivity index (χ2n) is 4.57. The van der Waals surface area contributed by atoms with Crippen LogP contribution in [0.3, 0.4) is 0 Å². The molecule has 5 heteroatoms. The maximum Gasteiger partial charge on any atom is 0.286 e.